The summed E-state index contributed by atoms with van der Waals surface area (Å²) in [6.45, 7) is 4.65. The number of rotatable bonds is 3. The Morgan fingerprint density at radius 2 is 2.16 bits per heavy atom. The lowest BCUT2D eigenvalue weighted by Crippen LogP contribution is -2.48. The van der Waals surface area contributed by atoms with Gasteiger partial charge in [-0.15, -0.1) is 0 Å². The van der Waals surface area contributed by atoms with Gasteiger partial charge in [0.05, 0.1) is 18.8 Å². The number of carbonyl (C=O) groups excluding carboxylic acids is 1. The van der Waals surface area contributed by atoms with E-state index < -0.39 is 6.04 Å². The van der Waals surface area contributed by atoms with Gasteiger partial charge in [0.1, 0.15) is 5.75 Å². The molecule has 1 amide bonds. The molecule has 1 aliphatic rings. The van der Waals surface area contributed by atoms with Gasteiger partial charge in [-0.1, -0.05) is 26.0 Å². The second-order valence-corrected chi connectivity index (χ2v) is 5.33. The average Bonchev–Trinajstić information content (AvgIpc) is 2.44. The number of carbonyl (C=O) groups is 1. The Morgan fingerprint density at radius 3 is 2.79 bits per heavy atom. The highest BCUT2D eigenvalue weighted by molar-refractivity contribution is 5.99. The van der Waals surface area contributed by atoms with Crippen LogP contribution in [-0.4, -0.2) is 25.6 Å². The summed E-state index contributed by atoms with van der Waals surface area (Å²) in [5.74, 6) is 0.870. The van der Waals surface area contributed by atoms with E-state index in [9.17, 15) is 4.79 Å². The maximum atomic E-state index is 12.5. The molecular weight excluding hydrogens is 240 g/mol. The standard InChI is InChI=1S/C15H22N2O2/c1-10(2)13(16)15(18)17-9-5-7-11-6-4-8-12(19-3)14(11)17/h4,6,8,10,13H,5,7,9,16H2,1-3H3/t13-/m0/s1. The lowest BCUT2D eigenvalue weighted by Gasteiger charge is -2.33. The number of nitrogens with zero attached hydrogens (tertiary/aromatic N) is 1. The topological polar surface area (TPSA) is 55.6 Å². The molecule has 0 unspecified atom stereocenters. The highest BCUT2D eigenvalue weighted by Crippen LogP contribution is 2.36. The van der Waals surface area contributed by atoms with E-state index >= 15 is 0 Å². The Hall–Kier alpha value is -1.55. The third-order valence-electron chi connectivity index (χ3n) is 3.67. The molecule has 4 nitrogen and oxygen atoms in total. The van der Waals surface area contributed by atoms with Crippen molar-refractivity contribution in [2.24, 2.45) is 11.7 Å². The summed E-state index contributed by atoms with van der Waals surface area (Å²) >= 11 is 0. The third kappa shape index (κ3) is 2.59. The molecule has 0 spiro atoms. The molecule has 0 saturated heterocycles. The van der Waals surface area contributed by atoms with Crippen molar-refractivity contribution in [2.45, 2.75) is 32.7 Å². The molecule has 19 heavy (non-hydrogen) atoms. The van der Waals surface area contributed by atoms with E-state index in [0.29, 0.717) is 6.54 Å². The van der Waals surface area contributed by atoms with E-state index in [1.54, 1.807) is 12.0 Å². The number of para-hydroxylation sites is 1. The van der Waals surface area contributed by atoms with Crippen LogP contribution in [0.3, 0.4) is 0 Å². The van der Waals surface area contributed by atoms with Crippen molar-refractivity contribution in [3.8, 4) is 5.75 Å². The molecule has 2 N–H and O–H groups in total. The monoisotopic (exact) mass is 262 g/mol. The number of amides is 1. The van der Waals surface area contributed by atoms with Crippen molar-refractivity contribution >= 4 is 11.6 Å². The number of aryl methyl sites for hydroxylation is 1. The van der Waals surface area contributed by atoms with Gasteiger partial charge >= 0.3 is 0 Å². The van der Waals surface area contributed by atoms with Gasteiger partial charge in [-0.25, -0.2) is 0 Å². The average molecular weight is 262 g/mol. The first kappa shape index (κ1) is 13.9. The number of nitrogens with two attached hydrogens (primary N) is 1. The van der Waals surface area contributed by atoms with Gasteiger partial charge in [-0.2, -0.15) is 0 Å². The molecular formula is C15H22N2O2. The summed E-state index contributed by atoms with van der Waals surface area (Å²) < 4.78 is 5.40. The Bertz CT molecular complexity index is 457. The largest absolute Gasteiger partial charge is 0.495 e. The van der Waals surface area contributed by atoms with Crippen LogP contribution in [0.25, 0.3) is 0 Å². The summed E-state index contributed by atoms with van der Waals surface area (Å²) in [5, 5.41) is 0. The number of hydrogen-bond donors (Lipinski definition) is 1. The third-order valence-corrected chi connectivity index (χ3v) is 3.67. The van der Waals surface area contributed by atoms with E-state index in [4.69, 9.17) is 10.5 Å². The molecule has 104 valence electrons. The maximum absolute atomic E-state index is 12.5. The Balaban J connectivity index is 2.39. The predicted molar refractivity (Wildman–Crippen MR) is 76.5 cm³/mol. The maximum Gasteiger partial charge on any atom is 0.244 e. The molecule has 1 aromatic carbocycles. The summed E-state index contributed by atoms with van der Waals surface area (Å²) in [7, 11) is 1.63. The minimum atomic E-state index is -0.462. The van der Waals surface area contributed by atoms with Crippen molar-refractivity contribution in [3.63, 3.8) is 0 Å². The first-order valence-corrected chi connectivity index (χ1v) is 6.79. The van der Waals surface area contributed by atoms with Crippen LogP contribution in [-0.2, 0) is 11.2 Å². The Labute approximate surface area is 114 Å². The van der Waals surface area contributed by atoms with Gasteiger partial charge in [0.15, 0.2) is 0 Å². The lowest BCUT2D eigenvalue weighted by molar-refractivity contribution is -0.120. The molecule has 0 aliphatic carbocycles. The zero-order valence-electron chi connectivity index (χ0n) is 11.8. The summed E-state index contributed by atoms with van der Waals surface area (Å²) in [5.41, 5.74) is 8.07. The van der Waals surface area contributed by atoms with Gasteiger partial charge in [-0.3, -0.25) is 4.79 Å². The van der Waals surface area contributed by atoms with Gasteiger partial charge in [0.2, 0.25) is 5.91 Å². The van der Waals surface area contributed by atoms with Crippen LogP contribution in [0.1, 0.15) is 25.8 Å². The second kappa shape index (κ2) is 5.61. The van der Waals surface area contributed by atoms with Crippen molar-refractivity contribution in [3.05, 3.63) is 23.8 Å². The smallest absolute Gasteiger partial charge is 0.244 e. The molecule has 0 aromatic heterocycles. The fourth-order valence-electron chi connectivity index (χ4n) is 2.47. The van der Waals surface area contributed by atoms with Crippen molar-refractivity contribution < 1.29 is 9.53 Å². The van der Waals surface area contributed by atoms with Gasteiger partial charge < -0.3 is 15.4 Å². The van der Waals surface area contributed by atoms with E-state index in [1.807, 2.05) is 26.0 Å². The van der Waals surface area contributed by atoms with Crippen LogP contribution >= 0.6 is 0 Å². The molecule has 1 heterocycles. The van der Waals surface area contributed by atoms with E-state index in [2.05, 4.69) is 6.07 Å². The van der Waals surface area contributed by atoms with Gasteiger partial charge in [0, 0.05) is 6.54 Å². The van der Waals surface area contributed by atoms with Crippen LogP contribution in [0, 0.1) is 5.92 Å². The predicted octanol–water partition coefficient (Wildman–Crippen LogP) is 1.96. The molecule has 0 saturated carbocycles. The minimum Gasteiger partial charge on any atom is -0.495 e. The highest BCUT2D eigenvalue weighted by Gasteiger charge is 2.30. The SMILES string of the molecule is COc1cccc2c1N(C(=O)[C@@H](N)C(C)C)CCC2. The molecule has 0 bridgehead atoms. The lowest BCUT2D eigenvalue weighted by atomic mass is 9.98. The zero-order chi connectivity index (χ0) is 14.0. The first-order valence-electron chi connectivity index (χ1n) is 6.79. The Morgan fingerprint density at radius 1 is 1.42 bits per heavy atom. The van der Waals surface area contributed by atoms with Gasteiger partial charge in [-0.05, 0) is 30.4 Å². The summed E-state index contributed by atoms with van der Waals surface area (Å²) in [4.78, 5) is 14.3. The quantitative estimate of drug-likeness (QED) is 0.906. The second-order valence-electron chi connectivity index (χ2n) is 5.33. The van der Waals surface area contributed by atoms with E-state index in [-0.39, 0.29) is 11.8 Å². The number of benzene rings is 1. The molecule has 1 aromatic rings. The van der Waals surface area contributed by atoms with Crippen LogP contribution in [0.15, 0.2) is 18.2 Å². The highest BCUT2D eigenvalue weighted by atomic mass is 16.5. The fraction of sp³-hybridized carbons (Fsp3) is 0.533. The van der Waals surface area contributed by atoms with Crippen LogP contribution in [0.4, 0.5) is 5.69 Å². The zero-order valence-corrected chi connectivity index (χ0v) is 11.8. The normalized spacial score (nSPS) is 16.2. The van der Waals surface area contributed by atoms with Crippen LogP contribution in [0.5, 0.6) is 5.75 Å². The molecule has 0 fully saturated rings. The summed E-state index contributed by atoms with van der Waals surface area (Å²) in [6, 6.07) is 5.45. The van der Waals surface area contributed by atoms with Crippen molar-refractivity contribution in [1.82, 2.24) is 0 Å². The number of ether oxygens (including phenoxy) is 1. The number of methoxy groups -OCH3 is 1. The Kier molecular flexibility index (Phi) is 4.10. The van der Waals surface area contributed by atoms with Crippen molar-refractivity contribution in [1.29, 1.82) is 0 Å². The molecule has 0 radical (unpaired) electrons. The molecule has 1 aliphatic heterocycles. The van der Waals surface area contributed by atoms with Crippen molar-refractivity contribution in [2.75, 3.05) is 18.6 Å². The van der Waals surface area contributed by atoms with Crippen LogP contribution < -0.4 is 15.4 Å². The van der Waals surface area contributed by atoms with E-state index in [0.717, 1.165) is 29.8 Å². The summed E-state index contributed by atoms with van der Waals surface area (Å²) in [6.07, 6.45) is 1.95. The van der Waals surface area contributed by atoms with Crippen LogP contribution in [0.2, 0.25) is 0 Å². The molecule has 2 rings (SSSR count). The van der Waals surface area contributed by atoms with E-state index in [1.165, 1.54) is 0 Å². The van der Waals surface area contributed by atoms with Gasteiger partial charge in [0.25, 0.3) is 0 Å². The molecule has 4 heteroatoms. The molecule has 1 atom stereocenters. The minimum absolute atomic E-state index is 0.0135. The number of anilines is 1. The number of fused-ring (bicyclic) bond motifs is 1. The fourth-order valence-corrected chi connectivity index (χ4v) is 2.47. The first-order chi connectivity index (χ1) is 9.06. The number of hydrogen-bond acceptors (Lipinski definition) is 3.